The molecule has 0 spiro atoms. The number of aryl methyl sites for hydroxylation is 2. The summed E-state index contributed by atoms with van der Waals surface area (Å²) in [6.07, 6.45) is 4.75. The van der Waals surface area contributed by atoms with Gasteiger partial charge in [-0.2, -0.15) is 0 Å². The Morgan fingerprint density at radius 3 is 2.86 bits per heavy atom. The highest BCUT2D eigenvalue weighted by Gasteiger charge is 2.22. The van der Waals surface area contributed by atoms with Crippen LogP contribution in [0, 0.1) is 0 Å². The molecule has 2 heterocycles. The van der Waals surface area contributed by atoms with E-state index in [4.69, 9.17) is 0 Å². The van der Waals surface area contributed by atoms with Crippen molar-refractivity contribution in [3.8, 4) is 0 Å². The van der Waals surface area contributed by atoms with Crippen LogP contribution in [-0.4, -0.2) is 30.0 Å². The minimum atomic E-state index is -0.136. The normalized spacial score (nSPS) is 16.0. The Labute approximate surface area is 169 Å². The number of aromatic nitrogens is 1. The Balaban J connectivity index is 1.31. The molecule has 1 aromatic heterocycles. The summed E-state index contributed by atoms with van der Waals surface area (Å²) in [4.78, 5) is 29.7. The molecule has 3 amide bonds. The molecule has 1 saturated heterocycles. The molecule has 29 heavy (non-hydrogen) atoms. The van der Waals surface area contributed by atoms with Gasteiger partial charge in [0.05, 0.1) is 0 Å². The van der Waals surface area contributed by atoms with Crippen LogP contribution in [0.1, 0.15) is 40.0 Å². The average molecular weight is 388 g/mol. The molecule has 1 aliphatic carbocycles. The molecule has 3 aromatic rings. The van der Waals surface area contributed by atoms with Crippen LogP contribution in [0.3, 0.4) is 0 Å². The number of fused-ring (bicyclic) bond motifs is 3. The monoisotopic (exact) mass is 388 g/mol. The van der Waals surface area contributed by atoms with Crippen molar-refractivity contribution in [2.24, 2.45) is 0 Å². The van der Waals surface area contributed by atoms with Crippen molar-refractivity contribution >= 4 is 28.5 Å². The van der Waals surface area contributed by atoms with E-state index < -0.39 is 0 Å². The van der Waals surface area contributed by atoms with Gasteiger partial charge in [-0.25, -0.2) is 4.79 Å². The van der Waals surface area contributed by atoms with Gasteiger partial charge >= 0.3 is 6.03 Å². The number of hydrogen-bond donors (Lipinski definition) is 3. The highest BCUT2D eigenvalue weighted by atomic mass is 16.2. The van der Waals surface area contributed by atoms with Crippen molar-refractivity contribution in [1.82, 2.24) is 15.6 Å². The summed E-state index contributed by atoms with van der Waals surface area (Å²) >= 11 is 0. The van der Waals surface area contributed by atoms with E-state index in [-0.39, 0.29) is 11.9 Å². The maximum Gasteiger partial charge on any atom is 0.321 e. The maximum atomic E-state index is 12.7. The summed E-state index contributed by atoms with van der Waals surface area (Å²) in [6.45, 7) is 1.72. The maximum absolute atomic E-state index is 12.7. The van der Waals surface area contributed by atoms with Gasteiger partial charge in [-0.05, 0) is 67.1 Å². The molecule has 2 aromatic carbocycles. The first-order chi connectivity index (χ1) is 14.2. The van der Waals surface area contributed by atoms with E-state index in [2.05, 4.69) is 33.8 Å². The number of aromatic amines is 1. The molecule has 1 fully saturated rings. The first-order valence-corrected chi connectivity index (χ1v) is 10.2. The fraction of sp³-hybridized carbons (Fsp3) is 0.304. The standard InChI is InChI=1S/C23H24N4O2/c28-22(16-4-3-5-17(13-16)27-11-10-24-23(27)29)25-14-15-8-9-21-19(12-15)18-6-1-2-7-20(18)26-21/h3-5,8-9,12-13,26H,1-2,6-7,10-11,14H2,(H,24,29)(H,25,28). The molecule has 0 saturated carbocycles. The molecule has 6 heteroatoms. The van der Waals surface area contributed by atoms with E-state index in [1.807, 2.05) is 12.1 Å². The third-order valence-electron chi connectivity index (χ3n) is 5.89. The number of hydrogen-bond acceptors (Lipinski definition) is 2. The van der Waals surface area contributed by atoms with E-state index in [0.717, 1.165) is 24.1 Å². The first kappa shape index (κ1) is 17.8. The third-order valence-corrected chi connectivity index (χ3v) is 5.89. The van der Waals surface area contributed by atoms with Crippen LogP contribution >= 0.6 is 0 Å². The smallest absolute Gasteiger partial charge is 0.321 e. The predicted molar refractivity (Wildman–Crippen MR) is 113 cm³/mol. The number of carbonyl (C=O) groups is 2. The molecular formula is C23H24N4O2. The zero-order valence-corrected chi connectivity index (χ0v) is 16.3. The van der Waals surface area contributed by atoms with Gasteiger partial charge in [-0.15, -0.1) is 0 Å². The molecular weight excluding hydrogens is 364 g/mol. The lowest BCUT2D eigenvalue weighted by Crippen LogP contribution is -2.28. The number of benzene rings is 2. The first-order valence-electron chi connectivity index (χ1n) is 10.2. The number of anilines is 1. The van der Waals surface area contributed by atoms with E-state index in [1.54, 1.807) is 17.0 Å². The highest BCUT2D eigenvalue weighted by molar-refractivity contribution is 5.98. The lowest BCUT2D eigenvalue weighted by Gasteiger charge is -2.15. The van der Waals surface area contributed by atoms with Gasteiger partial charge in [0.1, 0.15) is 0 Å². The molecule has 0 unspecified atom stereocenters. The van der Waals surface area contributed by atoms with Gasteiger partial charge in [0, 0.05) is 47.5 Å². The summed E-state index contributed by atoms with van der Waals surface area (Å²) in [5.41, 5.74) is 6.39. The summed E-state index contributed by atoms with van der Waals surface area (Å²) in [6, 6.07) is 13.5. The van der Waals surface area contributed by atoms with Crippen molar-refractivity contribution in [2.45, 2.75) is 32.2 Å². The number of urea groups is 1. The molecule has 1 aliphatic heterocycles. The zero-order valence-electron chi connectivity index (χ0n) is 16.3. The third kappa shape index (κ3) is 3.35. The topological polar surface area (TPSA) is 77.2 Å². The Morgan fingerprint density at radius 2 is 2.00 bits per heavy atom. The van der Waals surface area contributed by atoms with Crippen LogP contribution in [0.15, 0.2) is 42.5 Å². The summed E-state index contributed by atoms with van der Waals surface area (Å²) < 4.78 is 0. The van der Waals surface area contributed by atoms with Crippen molar-refractivity contribution in [3.05, 3.63) is 64.8 Å². The second-order valence-electron chi connectivity index (χ2n) is 7.79. The number of nitrogens with one attached hydrogen (secondary N) is 3. The molecule has 3 N–H and O–H groups in total. The lowest BCUT2D eigenvalue weighted by molar-refractivity contribution is 0.0951. The number of carbonyl (C=O) groups excluding carboxylic acids is 2. The van der Waals surface area contributed by atoms with E-state index in [1.165, 1.54) is 35.0 Å². The van der Waals surface area contributed by atoms with Gasteiger partial charge in [-0.1, -0.05) is 12.1 Å². The van der Waals surface area contributed by atoms with Gasteiger partial charge in [-0.3, -0.25) is 9.69 Å². The Morgan fingerprint density at radius 1 is 1.10 bits per heavy atom. The van der Waals surface area contributed by atoms with Crippen molar-refractivity contribution in [3.63, 3.8) is 0 Å². The van der Waals surface area contributed by atoms with E-state index in [9.17, 15) is 9.59 Å². The summed E-state index contributed by atoms with van der Waals surface area (Å²) in [5.74, 6) is -0.136. The van der Waals surface area contributed by atoms with Crippen LogP contribution in [0.2, 0.25) is 0 Å². The van der Waals surface area contributed by atoms with Gasteiger partial charge in [0.2, 0.25) is 0 Å². The fourth-order valence-electron chi connectivity index (χ4n) is 4.38. The van der Waals surface area contributed by atoms with Crippen LogP contribution < -0.4 is 15.5 Å². The quantitative estimate of drug-likeness (QED) is 0.640. The molecule has 0 radical (unpaired) electrons. The van der Waals surface area contributed by atoms with Gasteiger partial charge < -0.3 is 15.6 Å². The fourth-order valence-corrected chi connectivity index (χ4v) is 4.38. The van der Waals surface area contributed by atoms with Crippen LogP contribution in [0.5, 0.6) is 0 Å². The Hall–Kier alpha value is -3.28. The number of rotatable bonds is 4. The molecule has 0 bridgehead atoms. The molecule has 6 nitrogen and oxygen atoms in total. The van der Waals surface area contributed by atoms with Gasteiger partial charge in [0.15, 0.2) is 0 Å². The van der Waals surface area contributed by atoms with Crippen LogP contribution in [0.25, 0.3) is 10.9 Å². The van der Waals surface area contributed by atoms with Crippen molar-refractivity contribution in [1.29, 1.82) is 0 Å². The molecule has 0 atom stereocenters. The summed E-state index contributed by atoms with van der Waals surface area (Å²) in [5, 5.41) is 7.08. The van der Waals surface area contributed by atoms with Crippen LogP contribution in [-0.2, 0) is 19.4 Å². The largest absolute Gasteiger partial charge is 0.358 e. The van der Waals surface area contributed by atoms with E-state index >= 15 is 0 Å². The summed E-state index contributed by atoms with van der Waals surface area (Å²) in [7, 11) is 0. The minimum absolute atomic E-state index is 0.120. The van der Waals surface area contributed by atoms with Crippen molar-refractivity contribution < 1.29 is 9.59 Å². The highest BCUT2D eigenvalue weighted by Crippen LogP contribution is 2.29. The number of H-pyrrole nitrogens is 1. The SMILES string of the molecule is O=C(NCc1ccc2[nH]c3c(c2c1)CCCC3)c1cccc(N2CCNC2=O)c1. The average Bonchev–Trinajstić information content (AvgIpc) is 3.35. The Bertz CT molecular complexity index is 1100. The van der Waals surface area contributed by atoms with Gasteiger partial charge in [0.25, 0.3) is 5.91 Å². The molecule has 2 aliphatic rings. The second kappa shape index (κ2) is 7.28. The molecule has 5 rings (SSSR count). The Kier molecular flexibility index (Phi) is 4.46. The molecule has 148 valence electrons. The van der Waals surface area contributed by atoms with Crippen LogP contribution in [0.4, 0.5) is 10.5 Å². The number of nitrogens with zero attached hydrogens (tertiary/aromatic N) is 1. The van der Waals surface area contributed by atoms with Crippen molar-refractivity contribution in [2.75, 3.05) is 18.0 Å². The lowest BCUT2D eigenvalue weighted by atomic mass is 9.95. The minimum Gasteiger partial charge on any atom is -0.358 e. The zero-order chi connectivity index (χ0) is 19.8. The number of amides is 3. The second-order valence-corrected chi connectivity index (χ2v) is 7.79. The predicted octanol–water partition coefficient (Wildman–Crippen LogP) is 3.51. The van der Waals surface area contributed by atoms with E-state index in [0.29, 0.717) is 25.2 Å².